The van der Waals surface area contributed by atoms with Crippen molar-refractivity contribution in [1.29, 1.82) is 0 Å². The van der Waals surface area contributed by atoms with Crippen LogP contribution in [0.15, 0.2) is 48.5 Å². The smallest absolute Gasteiger partial charge is 0.257 e. The van der Waals surface area contributed by atoms with Crippen LogP contribution in [0.5, 0.6) is 5.75 Å². The van der Waals surface area contributed by atoms with Crippen LogP contribution in [-0.4, -0.2) is 56.7 Å². The molecule has 0 aromatic heterocycles. The summed E-state index contributed by atoms with van der Waals surface area (Å²) in [6, 6.07) is 15.6. The maximum absolute atomic E-state index is 12.0. The number of carbonyl (C=O) groups excluding carboxylic acids is 1. The third-order valence-corrected chi connectivity index (χ3v) is 4.88. The summed E-state index contributed by atoms with van der Waals surface area (Å²) in [6.07, 6.45) is 0.943. The van der Waals surface area contributed by atoms with Crippen LogP contribution >= 0.6 is 24.0 Å². The Balaban J connectivity index is 0.00000280. The second-order valence-electron chi connectivity index (χ2n) is 6.60. The highest BCUT2D eigenvalue weighted by Crippen LogP contribution is 2.30. The van der Waals surface area contributed by atoms with Gasteiger partial charge in [0, 0.05) is 32.7 Å². The van der Waals surface area contributed by atoms with Gasteiger partial charge in [0.1, 0.15) is 5.75 Å². The number of carbonyl (C=O) groups is 1. The lowest BCUT2D eigenvalue weighted by Crippen LogP contribution is -2.44. The van der Waals surface area contributed by atoms with Crippen molar-refractivity contribution < 1.29 is 9.53 Å². The Morgan fingerprint density at radius 2 is 1.86 bits per heavy atom. The molecule has 1 fully saturated rings. The van der Waals surface area contributed by atoms with E-state index < -0.39 is 0 Å². The number of halogens is 2. The van der Waals surface area contributed by atoms with Gasteiger partial charge in [-0.15, -0.1) is 12.4 Å². The van der Waals surface area contributed by atoms with Crippen molar-refractivity contribution >= 4 is 29.9 Å². The Bertz CT molecular complexity index is 738. The first kappa shape index (κ1) is 22.5. The summed E-state index contributed by atoms with van der Waals surface area (Å²) in [5, 5.41) is 6.74. The van der Waals surface area contributed by atoms with Crippen molar-refractivity contribution in [3.63, 3.8) is 0 Å². The molecule has 2 aromatic carbocycles. The first-order valence-corrected chi connectivity index (χ1v) is 9.78. The minimum absolute atomic E-state index is 0. The molecule has 1 aliphatic rings. The van der Waals surface area contributed by atoms with E-state index in [0.29, 0.717) is 17.3 Å². The van der Waals surface area contributed by atoms with Crippen LogP contribution < -0.4 is 15.4 Å². The summed E-state index contributed by atoms with van der Waals surface area (Å²) >= 11 is 6.31. The van der Waals surface area contributed by atoms with Gasteiger partial charge in [-0.2, -0.15) is 0 Å². The molecule has 0 unspecified atom stereocenters. The Morgan fingerprint density at radius 1 is 1.11 bits per heavy atom. The van der Waals surface area contributed by atoms with Gasteiger partial charge in [0.15, 0.2) is 6.61 Å². The molecule has 0 aliphatic carbocycles. The van der Waals surface area contributed by atoms with E-state index in [2.05, 4.69) is 15.5 Å². The molecule has 0 spiro atoms. The lowest BCUT2D eigenvalue weighted by atomic mass is 10.1. The zero-order valence-corrected chi connectivity index (χ0v) is 17.4. The molecular formula is C21H27Cl2N3O2. The number of amides is 1. The van der Waals surface area contributed by atoms with Gasteiger partial charge in [-0.1, -0.05) is 48.0 Å². The van der Waals surface area contributed by atoms with Crippen LogP contribution in [0.4, 0.5) is 0 Å². The fraction of sp³-hybridized carbons (Fsp3) is 0.381. The van der Waals surface area contributed by atoms with E-state index in [-0.39, 0.29) is 24.9 Å². The number of piperazine rings is 1. The van der Waals surface area contributed by atoms with Crippen LogP contribution in [0.1, 0.15) is 6.42 Å². The normalized spacial score (nSPS) is 14.2. The van der Waals surface area contributed by atoms with Gasteiger partial charge in [-0.3, -0.25) is 4.79 Å². The van der Waals surface area contributed by atoms with E-state index in [0.717, 1.165) is 50.3 Å². The van der Waals surface area contributed by atoms with E-state index in [1.165, 1.54) is 0 Å². The molecule has 3 rings (SSSR count). The van der Waals surface area contributed by atoms with Gasteiger partial charge in [-0.05, 0) is 36.2 Å². The van der Waals surface area contributed by atoms with E-state index in [1.54, 1.807) is 0 Å². The van der Waals surface area contributed by atoms with Crippen molar-refractivity contribution in [2.45, 2.75) is 6.42 Å². The van der Waals surface area contributed by atoms with Gasteiger partial charge in [0.2, 0.25) is 0 Å². The highest BCUT2D eigenvalue weighted by Gasteiger charge is 2.10. The quantitative estimate of drug-likeness (QED) is 0.639. The second-order valence-corrected chi connectivity index (χ2v) is 7.00. The van der Waals surface area contributed by atoms with Crippen molar-refractivity contribution in [3.05, 3.63) is 53.6 Å². The van der Waals surface area contributed by atoms with E-state index in [1.807, 2.05) is 48.5 Å². The lowest BCUT2D eigenvalue weighted by Gasteiger charge is -2.27. The van der Waals surface area contributed by atoms with Crippen molar-refractivity contribution in [2.24, 2.45) is 0 Å². The Kier molecular flexibility index (Phi) is 9.58. The van der Waals surface area contributed by atoms with Crippen molar-refractivity contribution in [2.75, 3.05) is 45.9 Å². The highest BCUT2D eigenvalue weighted by molar-refractivity contribution is 6.32. The van der Waals surface area contributed by atoms with E-state index in [4.69, 9.17) is 16.3 Å². The molecule has 1 aliphatic heterocycles. The van der Waals surface area contributed by atoms with Crippen molar-refractivity contribution in [3.8, 4) is 16.9 Å². The van der Waals surface area contributed by atoms with Crippen LogP contribution in [0.2, 0.25) is 5.02 Å². The summed E-state index contributed by atoms with van der Waals surface area (Å²) in [6.45, 7) is 5.89. The highest BCUT2D eigenvalue weighted by atomic mass is 35.5. The second kappa shape index (κ2) is 11.9. The molecule has 1 amide bonds. The zero-order chi connectivity index (χ0) is 18.9. The predicted octanol–water partition coefficient (Wildman–Crippen LogP) is 3.22. The summed E-state index contributed by atoms with van der Waals surface area (Å²) in [5.74, 6) is 0.394. The van der Waals surface area contributed by atoms with E-state index in [9.17, 15) is 4.79 Å². The molecule has 0 atom stereocenters. The number of ether oxygens (including phenoxy) is 1. The minimum atomic E-state index is -0.126. The van der Waals surface area contributed by atoms with Gasteiger partial charge >= 0.3 is 0 Å². The number of nitrogens with one attached hydrogen (secondary N) is 2. The average molecular weight is 424 g/mol. The molecule has 28 heavy (non-hydrogen) atoms. The number of hydrogen-bond acceptors (Lipinski definition) is 4. The molecule has 152 valence electrons. The van der Waals surface area contributed by atoms with Crippen molar-refractivity contribution in [1.82, 2.24) is 15.5 Å². The molecule has 1 saturated heterocycles. The third kappa shape index (κ3) is 6.99. The molecule has 7 heteroatoms. The standard InChI is InChI=1S/C21H26ClN3O2.ClH/c22-19-15-18(17-5-2-1-3-6-17)7-8-20(19)27-16-21(26)24-9-4-12-25-13-10-23-11-14-25;/h1-3,5-8,15,23H,4,9-14,16H2,(H,24,26);1H. The van der Waals surface area contributed by atoms with Gasteiger partial charge < -0.3 is 20.3 Å². The van der Waals surface area contributed by atoms with Gasteiger partial charge in [-0.25, -0.2) is 0 Å². The molecule has 0 saturated carbocycles. The molecule has 2 aromatic rings. The summed E-state index contributed by atoms with van der Waals surface area (Å²) < 4.78 is 5.57. The third-order valence-electron chi connectivity index (χ3n) is 4.58. The first-order valence-electron chi connectivity index (χ1n) is 9.40. The maximum atomic E-state index is 12.0. The summed E-state index contributed by atoms with van der Waals surface area (Å²) in [4.78, 5) is 14.4. The van der Waals surface area contributed by atoms with Crippen LogP contribution in [0.25, 0.3) is 11.1 Å². The summed E-state index contributed by atoms with van der Waals surface area (Å²) in [5.41, 5.74) is 2.11. The van der Waals surface area contributed by atoms with E-state index >= 15 is 0 Å². The first-order chi connectivity index (χ1) is 13.2. The number of nitrogens with zero attached hydrogens (tertiary/aromatic N) is 1. The molecular weight excluding hydrogens is 397 g/mol. The largest absolute Gasteiger partial charge is 0.482 e. The van der Waals surface area contributed by atoms with Gasteiger partial charge in [0.25, 0.3) is 5.91 Å². The molecule has 0 bridgehead atoms. The molecule has 0 radical (unpaired) electrons. The maximum Gasteiger partial charge on any atom is 0.257 e. The number of rotatable bonds is 8. The Morgan fingerprint density at radius 3 is 2.57 bits per heavy atom. The fourth-order valence-electron chi connectivity index (χ4n) is 3.09. The molecule has 2 N–H and O–H groups in total. The van der Waals surface area contributed by atoms with Crippen LogP contribution in [-0.2, 0) is 4.79 Å². The SMILES string of the molecule is Cl.O=C(COc1ccc(-c2ccccc2)cc1Cl)NCCCN1CCNCC1. The molecule has 1 heterocycles. The van der Waals surface area contributed by atoms with Crippen LogP contribution in [0, 0.1) is 0 Å². The monoisotopic (exact) mass is 423 g/mol. The zero-order valence-electron chi connectivity index (χ0n) is 15.8. The molecule has 5 nitrogen and oxygen atoms in total. The van der Waals surface area contributed by atoms with Crippen LogP contribution in [0.3, 0.4) is 0 Å². The average Bonchev–Trinajstić information content (AvgIpc) is 2.72. The minimum Gasteiger partial charge on any atom is -0.482 e. The summed E-state index contributed by atoms with van der Waals surface area (Å²) in [7, 11) is 0. The number of hydrogen-bond donors (Lipinski definition) is 2. The topological polar surface area (TPSA) is 53.6 Å². The fourth-order valence-corrected chi connectivity index (χ4v) is 3.32. The number of benzene rings is 2. The Hall–Kier alpha value is -1.79. The predicted molar refractivity (Wildman–Crippen MR) is 117 cm³/mol. The Labute approximate surface area is 177 Å². The van der Waals surface area contributed by atoms with Gasteiger partial charge in [0.05, 0.1) is 5.02 Å². The lowest BCUT2D eigenvalue weighted by molar-refractivity contribution is -0.123.